The van der Waals surface area contributed by atoms with Crippen LogP contribution in [0.5, 0.6) is 0 Å². The van der Waals surface area contributed by atoms with E-state index in [0.717, 1.165) is 11.8 Å². The van der Waals surface area contributed by atoms with Gasteiger partial charge in [0.05, 0.1) is 5.04 Å². The van der Waals surface area contributed by atoms with Gasteiger partial charge in [-0.3, -0.25) is 4.99 Å². The molecule has 0 aromatic heterocycles. The number of carboxylic acids is 1. The zero-order valence-electron chi connectivity index (χ0n) is 10.1. The molecule has 18 heavy (non-hydrogen) atoms. The fourth-order valence-corrected chi connectivity index (χ4v) is 2.72. The number of aliphatic carboxylic acids is 1. The molecule has 2 atom stereocenters. The first-order chi connectivity index (χ1) is 7.89. The molecule has 1 heterocycles. The molecule has 0 amide bonds. The molecule has 1 aliphatic rings. The predicted octanol–water partition coefficient (Wildman–Crippen LogP) is 1.92. The molecular weight excluding hydrogens is 271 g/mol. The monoisotopic (exact) mass is 285 g/mol. The van der Waals surface area contributed by atoms with Crippen LogP contribution in [0.2, 0.25) is 0 Å². The second-order valence-electron chi connectivity index (χ2n) is 5.14. The fraction of sp³-hybridized carbons (Fsp3) is 0.800. The summed E-state index contributed by atoms with van der Waals surface area (Å²) in [4.78, 5) is 14.5. The van der Waals surface area contributed by atoms with E-state index in [9.17, 15) is 23.1 Å². The van der Waals surface area contributed by atoms with Gasteiger partial charge in [0.1, 0.15) is 0 Å². The Morgan fingerprint density at radius 1 is 1.44 bits per heavy atom. The Hall–Kier alpha value is -0.760. The van der Waals surface area contributed by atoms with Crippen molar-refractivity contribution in [1.82, 2.24) is 0 Å². The van der Waals surface area contributed by atoms with Gasteiger partial charge in [-0.15, -0.1) is 11.8 Å². The number of hydrogen-bond donors (Lipinski definition) is 2. The van der Waals surface area contributed by atoms with E-state index in [1.807, 2.05) is 0 Å². The lowest BCUT2D eigenvalue weighted by Crippen LogP contribution is -2.60. The summed E-state index contributed by atoms with van der Waals surface area (Å²) >= 11 is 0.742. The molecule has 0 saturated heterocycles. The fourth-order valence-electron chi connectivity index (χ4n) is 1.43. The molecule has 1 rings (SSSR count). The van der Waals surface area contributed by atoms with Gasteiger partial charge < -0.3 is 10.2 Å². The molecule has 0 spiro atoms. The van der Waals surface area contributed by atoms with Gasteiger partial charge in [-0.25, -0.2) is 4.79 Å². The molecule has 1 aliphatic heterocycles. The highest BCUT2D eigenvalue weighted by Gasteiger charge is 2.63. The molecule has 0 aromatic rings. The maximum Gasteiger partial charge on any atom is 0.420 e. The highest BCUT2D eigenvalue weighted by Crippen LogP contribution is 2.43. The second-order valence-corrected chi connectivity index (χ2v) is 6.10. The predicted molar refractivity (Wildman–Crippen MR) is 61.8 cm³/mol. The van der Waals surface area contributed by atoms with Crippen LogP contribution >= 0.6 is 11.8 Å². The van der Waals surface area contributed by atoms with Crippen LogP contribution < -0.4 is 0 Å². The number of aliphatic hydroxyl groups is 1. The van der Waals surface area contributed by atoms with Crippen molar-refractivity contribution in [3.05, 3.63) is 0 Å². The van der Waals surface area contributed by atoms with Crippen molar-refractivity contribution in [2.45, 2.75) is 38.6 Å². The minimum Gasteiger partial charge on any atom is -0.480 e. The zero-order chi connectivity index (χ0) is 14.4. The summed E-state index contributed by atoms with van der Waals surface area (Å²) in [5, 5.41) is 18.7. The average molecular weight is 285 g/mol. The lowest BCUT2D eigenvalue weighted by atomic mass is 9.93. The molecule has 0 aromatic carbocycles. The van der Waals surface area contributed by atoms with Crippen LogP contribution in [0.3, 0.4) is 0 Å². The third-order valence-corrected chi connectivity index (χ3v) is 4.07. The molecule has 2 N–H and O–H groups in total. The SMILES string of the molecule is CC(C)(C)C1=N[C@H](C(=O)O)[C@@](O)(C(F)(F)F)CS1. The standard InChI is InChI=1S/C10H14F3NO3S/c1-8(2,3)7-14-5(6(15)16)9(17,4-18-7)10(11,12)13/h5,17H,4H2,1-3H3,(H,15,16)/t5-,9-/m1/s1. The summed E-state index contributed by atoms with van der Waals surface area (Å²) in [7, 11) is 0. The van der Waals surface area contributed by atoms with Crippen molar-refractivity contribution in [1.29, 1.82) is 0 Å². The first-order valence-electron chi connectivity index (χ1n) is 5.12. The zero-order valence-corrected chi connectivity index (χ0v) is 10.9. The Morgan fingerprint density at radius 3 is 2.28 bits per heavy atom. The number of hydrogen-bond acceptors (Lipinski definition) is 4. The topological polar surface area (TPSA) is 69.9 Å². The lowest BCUT2D eigenvalue weighted by molar-refractivity contribution is -0.258. The average Bonchev–Trinajstić information content (AvgIpc) is 2.14. The molecule has 0 fully saturated rings. The molecular formula is C10H14F3NO3S. The summed E-state index contributed by atoms with van der Waals surface area (Å²) in [6, 6.07) is -2.21. The molecule has 0 unspecified atom stereocenters. The van der Waals surface area contributed by atoms with E-state index in [2.05, 4.69) is 4.99 Å². The van der Waals surface area contributed by atoms with Gasteiger partial charge in [0.2, 0.25) is 5.60 Å². The summed E-state index contributed by atoms with van der Waals surface area (Å²) in [5.41, 5.74) is -3.87. The molecule has 8 heteroatoms. The molecule has 104 valence electrons. The van der Waals surface area contributed by atoms with Gasteiger partial charge in [0, 0.05) is 11.2 Å². The number of rotatable bonds is 1. The quantitative estimate of drug-likeness (QED) is 0.772. The van der Waals surface area contributed by atoms with Gasteiger partial charge in [0.15, 0.2) is 6.04 Å². The lowest BCUT2D eigenvalue weighted by Gasteiger charge is -2.38. The third kappa shape index (κ3) is 2.64. The second kappa shape index (κ2) is 4.41. The number of alkyl halides is 3. The summed E-state index contributed by atoms with van der Waals surface area (Å²) in [6.45, 7) is 5.15. The first kappa shape index (κ1) is 15.3. The normalized spacial score (nSPS) is 29.9. The van der Waals surface area contributed by atoms with Gasteiger partial charge in [-0.05, 0) is 0 Å². The van der Waals surface area contributed by atoms with Crippen LogP contribution in [-0.4, -0.2) is 44.8 Å². The van der Waals surface area contributed by atoms with Crippen LogP contribution in [0.4, 0.5) is 13.2 Å². The number of carbonyl (C=O) groups is 1. The third-order valence-electron chi connectivity index (χ3n) is 2.49. The van der Waals surface area contributed by atoms with Crippen LogP contribution in [0.1, 0.15) is 20.8 Å². The van der Waals surface area contributed by atoms with E-state index in [0.29, 0.717) is 5.04 Å². The Labute approximate surface area is 106 Å². The number of thioether (sulfide) groups is 1. The number of nitrogens with zero attached hydrogens (tertiary/aromatic N) is 1. The van der Waals surface area contributed by atoms with Crippen molar-refractivity contribution in [3.63, 3.8) is 0 Å². The van der Waals surface area contributed by atoms with Crippen LogP contribution in [0, 0.1) is 5.41 Å². The van der Waals surface area contributed by atoms with E-state index in [4.69, 9.17) is 5.11 Å². The van der Waals surface area contributed by atoms with Crippen molar-refractivity contribution < 1.29 is 28.2 Å². The molecule has 4 nitrogen and oxygen atoms in total. The summed E-state index contributed by atoms with van der Waals surface area (Å²) < 4.78 is 38.3. The number of carboxylic acid groups (broad SMARTS) is 1. The maximum atomic E-state index is 12.8. The smallest absolute Gasteiger partial charge is 0.420 e. The van der Waals surface area contributed by atoms with Gasteiger partial charge in [-0.2, -0.15) is 13.2 Å². The minimum absolute atomic E-state index is 0.295. The van der Waals surface area contributed by atoms with Gasteiger partial charge in [-0.1, -0.05) is 20.8 Å². The molecule has 0 saturated carbocycles. The van der Waals surface area contributed by atoms with E-state index in [1.165, 1.54) is 0 Å². The molecule has 0 bridgehead atoms. The minimum atomic E-state index is -5.03. The van der Waals surface area contributed by atoms with E-state index in [1.54, 1.807) is 20.8 Å². The van der Waals surface area contributed by atoms with E-state index < -0.39 is 35.0 Å². The summed E-state index contributed by atoms with van der Waals surface area (Å²) in [5.74, 6) is -2.54. The van der Waals surface area contributed by atoms with Crippen LogP contribution in [-0.2, 0) is 4.79 Å². The van der Waals surface area contributed by atoms with Crippen molar-refractivity contribution in [3.8, 4) is 0 Å². The Bertz CT molecular complexity index is 389. The van der Waals surface area contributed by atoms with Gasteiger partial charge >= 0.3 is 12.1 Å². The summed E-state index contributed by atoms with van der Waals surface area (Å²) in [6.07, 6.45) is -5.03. The van der Waals surface area contributed by atoms with Crippen molar-refractivity contribution in [2.24, 2.45) is 10.4 Å². The van der Waals surface area contributed by atoms with Crippen LogP contribution in [0.25, 0.3) is 0 Å². The molecule has 0 aliphatic carbocycles. The largest absolute Gasteiger partial charge is 0.480 e. The first-order valence-corrected chi connectivity index (χ1v) is 6.11. The van der Waals surface area contributed by atoms with Crippen molar-refractivity contribution >= 4 is 22.8 Å². The van der Waals surface area contributed by atoms with E-state index >= 15 is 0 Å². The number of aliphatic imine (C=N–C) groups is 1. The maximum absolute atomic E-state index is 12.8. The highest BCUT2D eigenvalue weighted by molar-refractivity contribution is 8.14. The highest BCUT2D eigenvalue weighted by atomic mass is 32.2. The Morgan fingerprint density at radius 2 is 1.94 bits per heavy atom. The Kier molecular flexibility index (Phi) is 3.75. The number of halogens is 3. The molecule has 0 radical (unpaired) electrons. The van der Waals surface area contributed by atoms with Crippen LogP contribution in [0.15, 0.2) is 4.99 Å². The Balaban J connectivity index is 3.24. The van der Waals surface area contributed by atoms with E-state index in [-0.39, 0.29) is 0 Å². The van der Waals surface area contributed by atoms with Crippen molar-refractivity contribution in [2.75, 3.05) is 5.75 Å². The van der Waals surface area contributed by atoms with Gasteiger partial charge in [0.25, 0.3) is 0 Å².